The van der Waals surface area contributed by atoms with Crippen molar-refractivity contribution in [1.82, 2.24) is 9.88 Å². The molecule has 1 aliphatic rings. The Morgan fingerprint density at radius 1 is 1.22 bits per heavy atom. The van der Waals surface area contributed by atoms with Crippen LogP contribution in [0.4, 0.5) is 0 Å². The van der Waals surface area contributed by atoms with E-state index in [2.05, 4.69) is 41.1 Å². The van der Waals surface area contributed by atoms with Crippen molar-refractivity contribution < 1.29 is 19.7 Å². The molecule has 1 saturated heterocycles. The van der Waals surface area contributed by atoms with Gasteiger partial charge in [-0.15, -0.1) is 11.8 Å². The van der Waals surface area contributed by atoms with Gasteiger partial charge in [0.05, 0.1) is 29.2 Å². The van der Waals surface area contributed by atoms with Crippen molar-refractivity contribution in [2.24, 2.45) is 5.41 Å². The number of thioether (sulfide) groups is 1. The molecule has 1 aliphatic heterocycles. The zero-order valence-electron chi connectivity index (χ0n) is 20.7. The Morgan fingerprint density at radius 3 is 2.61 bits per heavy atom. The first-order valence-electron chi connectivity index (χ1n) is 12.3. The highest BCUT2D eigenvalue weighted by Gasteiger charge is 2.41. The average Bonchev–Trinajstić information content (AvgIpc) is 2.88. The third-order valence-corrected chi connectivity index (χ3v) is 8.56. The number of pyridine rings is 1. The Kier molecular flexibility index (Phi) is 8.78. The summed E-state index contributed by atoms with van der Waals surface area (Å²) in [6.07, 6.45) is 2.49. The number of carboxylic acids is 1. The van der Waals surface area contributed by atoms with E-state index in [-0.39, 0.29) is 0 Å². The molecule has 2 N–H and O–H groups in total. The standard InChI is InChI=1S/C28H33ClN2O4S/c1-19-3-6-21(7-4-19)36-16-15-31-13-11-28(12-14-31,27(33)34)10-9-25(32)26-22-17-20(35-2)5-8-24(22)30-18-23(26)29/h3-8,17-18,25,32H,9-16H2,1-2H3,(H,33,34)/t25-/m0/s1. The molecule has 0 bridgehead atoms. The van der Waals surface area contributed by atoms with Crippen LogP contribution in [0.15, 0.2) is 53.6 Å². The summed E-state index contributed by atoms with van der Waals surface area (Å²) in [5, 5.41) is 22.4. The summed E-state index contributed by atoms with van der Waals surface area (Å²) in [5.41, 5.74) is 1.70. The second kappa shape index (κ2) is 11.8. The molecule has 0 aliphatic carbocycles. The predicted molar refractivity (Wildman–Crippen MR) is 145 cm³/mol. The summed E-state index contributed by atoms with van der Waals surface area (Å²) < 4.78 is 5.33. The normalized spacial score (nSPS) is 16.7. The minimum absolute atomic E-state index is 0.311. The monoisotopic (exact) mass is 528 g/mol. The van der Waals surface area contributed by atoms with Crippen molar-refractivity contribution >= 4 is 40.2 Å². The number of halogens is 1. The molecule has 3 aromatic rings. The molecule has 0 saturated carbocycles. The third-order valence-electron chi connectivity index (χ3n) is 7.26. The number of benzene rings is 2. The summed E-state index contributed by atoms with van der Waals surface area (Å²) >= 11 is 8.27. The molecule has 0 amide bonds. The van der Waals surface area contributed by atoms with E-state index in [9.17, 15) is 15.0 Å². The van der Waals surface area contributed by atoms with Gasteiger partial charge in [-0.1, -0.05) is 29.3 Å². The molecule has 192 valence electrons. The lowest BCUT2D eigenvalue weighted by atomic mass is 9.74. The van der Waals surface area contributed by atoms with E-state index in [4.69, 9.17) is 16.3 Å². The molecule has 6 nitrogen and oxygen atoms in total. The topological polar surface area (TPSA) is 82.9 Å². The van der Waals surface area contributed by atoms with Gasteiger partial charge in [0.2, 0.25) is 0 Å². The fourth-order valence-corrected chi connectivity index (χ4v) is 6.08. The van der Waals surface area contributed by atoms with Crippen molar-refractivity contribution in [3.05, 3.63) is 64.8 Å². The lowest BCUT2D eigenvalue weighted by Crippen LogP contribution is -2.45. The molecule has 1 fully saturated rings. The number of ether oxygens (including phenoxy) is 1. The van der Waals surface area contributed by atoms with Crippen LogP contribution in [0.3, 0.4) is 0 Å². The highest BCUT2D eigenvalue weighted by Crippen LogP contribution is 2.41. The molecule has 0 radical (unpaired) electrons. The number of likely N-dealkylation sites (tertiary alicyclic amines) is 1. The van der Waals surface area contributed by atoms with Crippen LogP contribution >= 0.6 is 23.4 Å². The quantitative estimate of drug-likeness (QED) is 0.313. The van der Waals surface area contributed by atoms with Gasteiger partial charge < -0.3 is 19.8 Å². The van der Waals surface area contributed by atoms with Crippen LogP contribution in [0, 0.1) is 12.3 Å². The summed E-state index contributed by atoms with van der Waals surface area (Å²) in [7, 11) is 1.58. The number of hydrogen-bond donors (Lipinski definition) is 2. The van der Waals surface area contributed by atoms with Gasteiger partial charge in [-0.05, 0) is 76.0 Å². The number of aliphatic hydroxyl groups excluding tert-OH is 1. The van der Waals surface area contributed by atoms with Crippen LogP contribution in [0.1, 0.15) is 42.9 Å². The van der Waals surface area contributed by atoms with E-state index in [0.29, 0.717) is 47.5 Å². The van der Waals surface area contributed by atoms with Crippen molar-refractivity contribution in [2.45, 2.75) is 43.6 Å². The predicted octanol–water partition coefficient (Wildman–Crippen LogP) is 5.98. The number of aliphatic hydroxyl groups is 1. The van der Waals surface area contributed by atoms with Crippen LogP contribution in [0.25, 0.3) is 10.9 Å². The van der Waals surface area contributed by atoms with Gasteiger partial charge in [0.25, 0.3) is 0 Å². The number of hydrogen-bond acceptors (Lipinski definition) is 6. The molecule has 0 spiro atoms. The Balaban J connectivity index is 1.37. The number of aliphatic carboxylic acids is 1. The zero-order chi connectivity index (χ0) is 25.7. The number of carbonyl (C=O) groups is 1. The van der Waals surface area contributed by atoms with Crippen molar-refractivity contribution in [1.29, 1.82) is 0 Å². The first-order chi connectivity index (χ1) is 17.3. The summed E-state index contributed by atoms with van der Waals surface area (Å²) in [6, 6.07) is 14.0. The fraction of sp³-hybridized carbons (Fsp3) is 0.429. The fourth-order valence-electron chi connectivity index (χ4n) is 4.89. The van der Waals surface area contributed by atoms with Gasteiger partial charge in [-0.2, -0.15) is 0 Å². The maximum Gasteiger partial charge on any atom is 0.309 e. The summed E-state index contributed by atoms with van der Waals surface area (Å²) in [6.45, 7) is 4.50. The molecule has 1 atom stereocenters. The largest absolute Gasteiger partial charge is 0.497 e. The number of nitrogens with zero attached hydrogens (tertiary/aromatic N) is 2. The van der Waals surface area contributed by atoms with Gasteiger partial charge in [0.1, 0.15) is 5.75 Å². The molecular weight excluding hydrogens is 496 g/mol. The number of carboxylic acid groups (broad SMARTS) is 1. The summed E-state index contributed by atoms with van der Waals surface area (Å²) in [4.78, 5) is 20.3. The molecule has 1 aromatic heterocycles. The van der Waals surface area contributed by atoms with E-state index < -0.39 is 17.5 Å². The van der Waals surface area contributed by atoms with E-state index in [1.54, 1.807) is 7.11 Å². The number of fused-ring (bicyclic) bond motifs is 1. The van der Waals surface area contributed by atoms with Crippen LogP contribution in [0.2, 0.25) is 5.02 Å². The van der Waals surface area contributed by atoms with E-state index >= 15 is 0 Å². The molecule has 2 aromatic carbocycles. The van der Waals surface area contributed by atoms with Crippen LogP contribution in [-0.2, 0) is 4.79 Å². The van der Waals surface area contributed by atoms with E-state index in [1.165, 1.54) is 16.7 Å². The molecule has 4 rings (SSSR count). The first-order valence-corrected chi connectivity index (χ1v) is 13.6. The third kappa shape index (κ3) is 6.14. The van der Waals surface area contributed by atoms with E-state index in [0.717, 1.165) is 30.8 Å². The Hall–Kier alpha value is -2.32. The van der Waals surface area contributed by atoms with Gasteiger partial charge in [-0.25, -0.2) is 0 Å². The summed E-state index contributed by atoms with van der Waals surface area (Å²) in [5.74, 6) is 0.838. The first kappa shape index (κ1) is 26.7. The lowest BCUT2D eigenvalue weighted by molar-refractivity contribution is -0.153. The number of piperidine rings is 1. The zero-order valence-corrected chi connectivity index (χ0v) is 22.3. The number of aromatic nitrogens is 1. The minimum atomic E-state index is -0.893. The Morgan fingerprint density at radius 2 is 1.94 bits per heavy atom. The average molecular weight is 529 g/mol. The van der Waals surface area contributed by atoms with Gasteiger partial charge >= 0.3 is 5.97 Å². The molecule has 0 unspecified atom stereocenters. The number of rotatable bonds is 10. The molecule has 2 heterocycles. The highest BCUT2D eigenvalue weighted by molar-refractivity contribution is 7.99. The van der Waals surface area contributed by atoms with Gasteiger partial charge in [0.15, 0.2) is 0 Å². The second-order valence-corrected chi connectivity index (χ2v) is 11.1. The maximum absolute atomic E-state index is 12.4. The van der Waals surface area contributed by atoms with Crippen LogP contribution < -0.4 is 4.74 Å². The smallest absolute Gasteiger partial charge is 0.309 e. The molecule has 36 heavy (non-hydrogen) atoms. The SMILES string of the molecule is COc1ccc2ncc(Cl)c([C@@H](O)CCC3(C(=O)O)CCN(CCSc4ccc(C)cc4)CC3)c2c1. The van der Waals surface area contributed by atoms with Crippen molar-refractivity contribution in [3.63, 3.8) is 0 Å². The van der Waals surface area contributed by atoms with Crippen molar-refractivity contribution in [3.8, 4) is 5.75 Å². The van der Waals surface area contributed by atoms with Gasteiger partial charge in [0, 0.05) is 34.3 Å². The van der Waals surface area contributed by atoms with Crippen LogP contribution in [0.5, 0.6) is 5.75 Å². The number of methoxy groups -OCH3 is 1. The molecule has 8 heteroatoms. The Labute approximate surface area is 221 Å². The minimum Gasteiger partial charge on any atom is -0.497 e. The second-order valence-electron chi connectivity index (χ2n) is 9.55. The number of aryl methyl sites for hydroxylation is 1. The Bertz CT molecular complexity index is 1200. The maximum atomic E-state index is 12.4. The van der Waals surface area contributed by atoms with Gasteiger partial charge in [-0.3, -0.25) is 9.78 Å². The van der Waals surface area contributed by atoms with Crippen molar-refractivity contribution in [2.75, 3.05) is 32.5 Å². The highest BCUT2D eigenvalue weighted by atomic mass is 35.5. The molecular formula is C28H33ClN2O4S. The lowest BCUT2D eigenvalue weighted by Gasteiger charge is -2.39. The van der Waals surface area contributed by atoms with Crippen LogP contribution in [-0.4, -0.2) is 58.6 Å². The van der Waals surface area contributed by atoms with E-state index in [1.807, 2.05) is 30.0 Å².